The highest BCUT2D eigenvalue weighted by atomic mass is 16.6. The summed E-state index contributed by atoms with van der Waals surface area (Å²) < 4.78 is 1.46. The number of hydrogen-bond donors (Lipinski definition) is 1. The van der Waals surface area contributed by atoms with Gasteiger partial charge < -0.3 is 0 Å². The number of carbonyl (C=O) groups is 1. The molecule has 0 fully saturated rings. The molecule has 134 valence electrons. The molecule has 0 aliphatic carbocycles. The van der Waals surface area contributed by atoms with E-state index in [1.54, 1.807) is 0 Å². The van der Waals surface area contributed by atoms with Crippen LogP contribution in [0.4, 0.5) is 0 Å². The van der Waals surface area contributed by atoms with E-state index in [4.69, 9.17) is 4.84 Å². The number of nitrogens with zero attached hydrogens (tertiary/aromatic N) is 2. The van der Waals surface area contributed by atoms with Crippen molar-refractivity contribution in [1.29, 1.82) is 0 Å². The zero-order valence-electron chi connectivity index (χ0n) is 15.1. The third-order valence-corrected chi connectivity index (χ3v) is 4.13. The number of hydrogen-bond acceptors (Lipinski definition) is 4. The lowest BCUT2D eigenvalue weighted by Crippen LogP contribution is -2.27. The molecular weight excluding hydrogens is 326 g/mol. The summed E-state index contributed by atoms with van der Waals surface area (Å²) >= 11 is 0. The molecule has 0 aliphatic heterocycles. The smallest absolute Gasteiger partial charge is 0.249 e. The van der Waals surface area contributed by atoms with E-state index in [0.29, 0.717) is 6.61 Å². The average Bonchev–Trinajstić information content (AvgIpc) is 3.01. The first kappa shape index (κ1) is 18.0. The average molecular weight is 349 g/mol. The van der Waals surface area contributed by atoms with E-state index in [2.05, 4.69) is 10.6 Å². The molecule has 0 aliphatic rings. The molecule has 3 aromatic rings. The summed E-state index contributed by atoms with van der Waals surface area (Å²) in [4.78, 5) is 18.4. The Labute approximate surface area is 153 Å². The first-order valence-electron chi connectivity index (χ1n) is 8.66. The van der Waals surface area contributed by atoms with E-state index in [9.17, 15) is 4.79 Å². The van der Waals surface area contributed by atoms with Crippen LogP contribution in [-0.2, 0) is 11.4 Å². The van der Waals surface area contributed by atoms with Crippen LogP contribution in [0.15, 0.2) is 66.7 Å². The number of rotatable bonds is 7. The van der Waals surface area contributed by atoms with Gasteiger partial charge in [-0.3, -0.25) is 9.63 Å². The Balaban J connectivity index is 1.69. The van der Waals surface area contributed by atoms with Gasteiger partial charge in [0.15, 0.2) is 0 Å². The predicted octanol–water partition coefficient (Wildman–Crippen LogP) is 3.99. The number of carbonyl (C=O) groups excluding carboxylic acids is 1. The highest BCUT2D eigenvalue weighted by Gasteiger charge is 2.19. The summed E-state index contributed by atoms with van der Waals surface area (Å²) in [6.45, 7) is 4.19. The van der Waals surface area contributed by atoms with Crippen molar-refractivity contribution in [3.63, 3.8) is 0 Å². The summed E-state index contributed by atoms with van der Waals surface area (Å²) in [6, 6.07) is 21.4. The fourth-order valence-corrected chi connectivity index (χ4v) is 2.86. The lowest BCUT2D eigenvalue weighted by Gasteiger charge is -2.18. The molecule has 0 saturated heterocycles. The van der Waals surface area contributed by atoms with Gasteiger partial charge in [0, 0.05) is 5.69 Å². The van der Waals surface area contributed by atoms with Crippen LogP contribution in [0.25, 0.3) is 0 Å². The Morgan fingerprint density at radius 3 is 2.35 bits per heavy atom. The predicted molar refractivity (Wildman–Crippen MR) is 100 cm³/mol. The van der Waals surface area contributed by atoms with Crippen LogP contribution in [0, 0.1) is 13.8 Å². The van der Waals surface area contributed by atoms with Gasteiger partial charge in [-0.25, -0.2) is 4.68 Å². The minimum Gasteiger partial charge on any atom is -0.296 e. The van der Waals surface area contributed by atoms with E-state index in [-0.39, 0.29) is 18.4 Å². The van der Waals surface area contributed by atoms with Crippen molar-refractivity contribution in [3.05, 3.63) is 89.2 Å². The van der Waals surface area contributed by atoms with E-state index < -0.39 is 0 Å². The van der Waals surface area contributed by atoms with Crippen molar-refractivity contribution in [1.82, 2.24) is 15.3 Å². The van der Waals surface area contributed by atoms with Gasteiger partial charge in [0.05, 0.1) is 24.8 Å². The van der Waals surface area contributed by atoms with E-state index >= 15 is 0 Å². The van der Waals surface area contributed by atoms with Gasteiger partial charge in [-0.05, 0) is 31.0 Å². The molecule has 2 aromatic carbocycles. The Morgan fingerprint density at radius 2 is 1.73 bits per heavy atom. The molecule has 1 atom stereocenters. The van der Waals surface area contributed by atoms with Gasteiger partial charge >= 0.3 is 0 Å². The summed E-state index contributed by atoms with van der Waals surface area (Å²) in [5.74, 6) is -0.0692. The maximum absolute atomic E-state index is 12.7. The lowest BCUT2D eigenvalue weighted by molar-refractivity contribution is 0.000899. The Bertz CT molecular complexity index is 844. The first-order valence-corrected chi connectivity index (χ1v) is 8.66. The first-order chi connectivity index (χ1) is 12.6. The van der Waals surface area contributed by atoms with Crippen LogP contribution in [-0.4, -0.2) is 15.7 Å². The Hall–Kier alpha value is -2.76. The van der Waals surface area contributed by atoms with Crippen LogP contribution in [0.1, 0.15) is 39.8 Å². The van der Waals surface area contributed by atoms with Crippen molar-refractivity contribution < 1.29 is 9.63 Å². The second-order valence-corrected chi connectivity index (χ2v) is 6.29. The molecule has 5 heteroatoms. The van der Waals surface area contributed by atoms with Crippen LogP contribution in [0.5, 0.6) is 0 Å². The van der Waals surface area contributed by atoms with Gasteiger partial charge in [0.25, 0.3) is 0 Å². The molecule has 1 aromatic heterocycles. The molecule has 0 radical (unpaired) electrons. The quantitative estimate of drug-likeness (QED) is 0.655. The minimum atomic E-state index is -0.253. The molecule has 1 N–H and O–H groups in total. The number of aryl methyl sites for hydroxylation is 2. The monoisotopic (exact) mass is 349 g/mol. The summed E-state index contributed by atoms with van der Waals surface area (Å²) in [5.41, 5.74) is 6.78. The molecule has 26 heavy (non-hydrogen) atoms. The lowest BCUT2D eigenvalue weighted by atomic mass is 10.0. The molecule has 1 heterocycles. The molecule has 0 bridgehead atoms. The fraction of sp³-hybridized carbons (Fsp3) is 0.238. The maximum atomic E-state index is 12.7. The highest BCUT2D eigenvalue weighted by Crippen LogP contribution is 2.18. The molecular formula is C21H23N3O2. The number of nitrogens with one attached hydrogen (secondary N) is 1. The van der Waals surface area contributed by atoms with Crippen molar-refractivity contribution in [2.24, 2.45) is 0 Å². The van der Waals surface area contributed by atoms with Crippen LogP contribution >= 0.6 is 0 Å². The zero-order valence-corrected chi connectivity index (χ0v) is 15.1. The minimum absolute atomic E-state index is 0.0692. The normalized spacial score (nSPS) is 12.1. The fourth-order valence-electron chi connectivity index (χ4n) is 2.86. The van der Waals surface area contributed by atoms with Crippen molar-refractivity contribution in [2.45, 2.75) is 32.9 Å². The third-order valence-electron chi connectivity index (χ3n) is 4.13. The van der Waals surface area contributed by atoms with Gasteiger partial charge in [-0.2, -0.15) is 10.6 Å². The van der Waals surface area contributed by atoms with E-state index in [0.717, 1.165) is 22.5 Å². The highest BCUT2D eigenvalue weighted by molar-refractivity contribution is 5.79. The zero-order chi connectivity index (χ0) is 18.4. The standard InChI is InChI=1S/C21H23N3O2/c1-16-13-17(2)24(22-16)21(25)14-20(19-11-7-4-8-12-19)23-26-15-18-9-5-3-6-10-18/h3-13,20,23H,14-15H2,1-2H3/t20-/m1/s1. The third kappa shape index (κ3) is 4.65. The van der Waals surface area contributed by atoms with Gasteiger partial charge in [0.2, 0.25) is 5.91 Å². The number of hydroxylamine groups is 1. The summed E-state index contributed by atoms with van der Waals surface area (Å²) in [5, 5.41) is 4.28. The summed E-state index contributed by atoms with van der Waals surface area (Å²) in [7, 11) is 0. The van der Waals surface area contributed by atoms with Gasteiger partial charge in [-0.15, -0.1) is 0 Å². The largest absolute Gasteiger partial charge is 0.296 e. The molecule has 3 rings (SSSR count). The van der Waals surface area contributed by atoms with Crippen molar-refractivity contribution >= 4 is 5.91 Å². The van der Waals surface area contributed by atoms with Gasteiger partial charge in [0.1, 0.15) is 0 Å². The molecule has 0 saturated carbocycles. The topological polar surface area (TPSA) is 56.2 Å². The van der Waals surface area contributed by atoms with Crippen LogP contribution in [0.3, 0.4) is 0 Å². The molecule has 5 nitrogen and oxygen atoms in total. The second-order valence-electron chi connectivity index (χ2n) is 6.29. The van der Waals surface area contributed by atoms with E-state index in [1.807, 2.05) is 80.6 Å². The molecule has 0 spiro atoms. The Morgan fingerprint density at radius 1 is 1.08 bits per heavy atom. The SMILES string of the molecule is Cc1cc(C)n(C(=O)C[C@@H](NOCc2ccccc2)c2ccccc2)n1. The maximum Gasteiger partial charge on any atom is 0.249 e. The van der Waals surface area contributed by atoms with Gasteiger partial charge in [-0.1, -0.05) is 60.7 Å². The second kappa shape index (κ2) is 8.56. The van der Waals surface area contributed by atoms with Crippen LogP contribution in [0.2, 0.25) is 0 Å². The molecule has 0 amide bonds. The number of aromatic nitrogens is 2. The number of benzene rings is 2. The molecule has 0 unspecified atom stereocenters. The Kier molecular flexibility index (Phi) is 5.94. The van der Waals surface area contributed by atoms with Crippen molar-refractivity contribution in [3.8, 4) is 0 Å². The van der Waals surface area contributed by atoms with E-state index in [1.165, 1.54) is 4.68 Å². The van der Waals surface area contributed by atoms with Crippen molar-refractivity contribution in [2.75, 3.05) is 0 Å². The summed E-state index contributed by atoms with van der Waals surface area (Å²) in [6.07, 6.45) is 0.251. The van der Waals surface area contributed by atoms with Crippen LogP contribution < -0.4 is 5.48 Å².